The average molecular weight is 493 g/mol. The van der Waals surface area contributed by atoms with E-state index in [1.165, 1.54) is 25.1 Å². The molecular weight excluding hydrogens is 462 g/mol. The standard InChI is InChI=1S/C26H31FN2O5.Na/c1-15(2)25-21(11-10-19(31)13-20(32)14-23(33)34)24(17-6-8-18(27)9-7-17)22-5-4-12-29(16(3)30)26(22)28-25;/h6-11,15,19-20,31-32H,4-5,12-14H2,1-3H3,(H,33,34);/q;+1/p-1/b11-10+;/t19-,20-;/m1./s1. The third kappa shape index (κ3) is 7.21. The van der Waals surface area contributed by atoms with Gasteiger partial charge in [0.2, 0.25) is 5.91 Å². The van der Waals surface area contributed by atoms with Crippen LogP contribution in [0.15, 0.2) is 30.3 Å². The minimum atomic E-state index is -1.39. The Bertz CT molecular complexity index is 1090. The van der Waals surface area contributed by atoms with Crippen LogP contribution in [0.3, 0.4) is 0 Å². The quantitative estimate of drug-likeness (QED) is 0.484. The van der Waals surface area contributed by atoms with Crippen molar-refractivity contribution in [1.29, 1.82) is 0 Å². The average Bonchev–Trinajstić information content (AvgIpc) is 2.76. The Kier molecular flexibility index (Phi) is 10.6. The first-order valence-electron chi connectivity index (χ1n) is 11.4. The molecule has 1 aromatic heterocycles. The predicted molar refractivity (Wildman–Crippen MR) is 125 cm³/mol. The van der Waals surface area contributed by atoms with Crippen molar-refractivity contribution in [2.24, 2.45) is 0 Å². The first kappa shape index (κ1) is 29.1. The first-order chi connectivity index (χ1) is 16.1. The molecule has 2 aromatic rings. The van der Waals surface area contributed by atoms with Crippen LogP contribution in [-0.4, -0.2) is 45.8 Å². The van der Waals surface area contributed by atoms with Crippen LogP contribution in [0.5, 0.6) is 0 Å². The van der Waals surface area contributed by atoms with E-state index in [2.05, 4.69) is 0 Å². The molecule has 0 fully saturated rings. The fraction of sp³-hybridized carbons (Fsp3) is 0.423. The number of aromatic nitrogens is 1. The Morgan fingerprint density at radius 2 is 1.89 bits per heavy atom. The van der Waals surface area contributed by atoms with Crippen LogP contribution in [0.2, 0.25) is 0 Å². The number of aliphatic carboxylic acids is 1. The number of aliphatic hydroxyl groups excluding tert-OH is 2. The molecule has 2 heterocycles. The summed E-state index contributed by atoms with van der Waals surface area (Å²) in [6, 6.07) is 6.11. The number of aliphatic hydroxyl groups is 2. The van der Waals surface area contributed by atoms with E-state index in [-0.39, 0.29) is 53.6 Å². The number of anilines is 1. The maximum Gasteiger partial charge on any atom is 1.00 e. The van der Waals surface area contributed by atoms with Crippen LogP contribution in [-0.2, 0) is 16.0 Å². The second-order valence-electron chi connectivity index (χ2n) is 8.92. The minimum Gasteiger partial charge on any atom is -0.550 e. The van der Waals surface area contributed by atoms with Crippen LogP contribution in [0.25, 0.3) is 17.2 Å². The molecule has 0 bridgehead atoms. The molecule has 1 aliphatic heterocycles. The molecule has 1 aromatic carbocycles. The SMILES string of the molecule is CC(=O)N1CCCc2c1nc(C(C)C)c(/C=C/[C@@H](O)C[C@@H](O)CC(=O)[O-])c2-c1ccc(F)cc1.[Na+]. The van der Waals surface area contributed by atoms with Gasteiger partial charge in [-0.15, -0.1) is 0 Å². The number of nitrogens with zero attached hydrogens (tertiary/aromatic N) is 2. The summed E-state index contributed by atoms with van der Waals surface area (Å²) >= 11 is 0. The summed E-state index contributed by atoms with van der Waals surface area (Å²) in [6.07, 6.45) is 1.58. The van der Waals surface area contributed by atoms with Gasteiger partial charge in [0.05, 0.1) is 17.9 Å². The van der Waals surface area contributed by atoms with Gasteiger partial charge >= 0.3 is 29.6 Å². The number of carbonyl (C=O) groups excluding carboxylic acids is 2. The number of carbonyl (C=O) groups is 2. The van der Waals surface area contributed by atoms with E-state index in [1.54, 1.807) is 23.1 Å². The number of hydrogen-bond donors (Lipinski definition) is 2. The second-order valence-corrected chi connectivity index (χ2v) is 8.92. The number of fused-ring (bicyclic) bond motifs is 1. The zero-order chi connectivity index (χ0) is 25.0. The summed E-state index contributed by atoms with van der Waals surface area (Å²) in [5.74, 6) is -1.28. The normalized spacial score (nSPS) is 15.0. The van der Waals surface area contributed by atoms with E-state index < -0.39 is 24.6 Å². The summed E-state index contributed by atoms with van der Waals surface area (Å²) in [6.45, 7) is 6.02. The predicted octanol–water partition coefficient (Wildman–Crippen LogP) is -0.421. The van der Waals surface area contributed by atoms with Crippen LogP contribution in [0.4, 0.5) is 10.2 Å². The Balaban J connectivity index is 0.00000432. The largest absolute Gasteiger partial charge is 1.00 e. The molecule has 182 valence electrons. The molecule has 1 aliphatic rings. The molecular formula is C26H30FN2NaO5. The summed E-state index contributed by atoms with van der Waals surface area (Å²) < 4.78 is 13.7. The zero-order valence-electron chi connectivity index (χ0n) is 20.6. The molecule has 2 N–H and O–H groups in total. The van der Waals surface area contributed by atoms with Crippen molar-refractivity contribution in [3.63, 3.8) is 0 Å². The first-order valence-corrected chi connectivity index (χ1v) is 11.4. The molecule has 0 unspecified atom stereocenters. The van der Waals surface area contributed by atoms with E-state index in [4.69, 9.17) is 4.98 Å². The fourth-order valence-electron chi connectivity index (χ4n) is 4.33. The number of rotatable bonds is 8. The van der Waals surface area contributed by atoms with Crippen molar-refractivity contribution in [1.82, 2.24) is 4.98 Å². The van der Waals surface area contributed by atoms with E-state index in [0.29, 0.717) is 24.5 Å². The molecule has 3 rings (SSSR count). The number of halogens is 1. The van der Waals surface area contributed by atoms with Gasteiger partial charge in [0.15, 0.2) is 0 Å². The molecule has 9 heteroatoms. The molecule has 0 saturated carbocycles. The van der Waals surface area contributed by atoms with Gasteiger partial charge in [-0.2, -0.15) is 0 Å². The van der Waals surface area contributed by atoms with Gasteiger partial charge in [-0.25, -0.2) is 9.37 Å². The molecule has 0 spiro atoms. The van der Waals surface area contributed by atoms with Gasteiger partial charge in [-0.3, -0.25) is 9.69 Å². The number of pyridine rings is 1. The Morgan fingerprint density at radius 3 is 2.46 bits per heavy atom. The summed E-state index contributed by atoms with van der Waals surface area (Å²) in [7, 11) is 0. The van der Waals surface area contributed by atoms with E-state index in [9.17, 15) is 29.3 Å². The van der Waals surface area contributed by atoms with Gasteiger partial charge < -0.3 is 20.1 Å². The zero-order valence-corrected chi connectivity index (χ0v) is 22.6. The Hall–Kier alpha value is -2.10. The van der Waals surface area contributed by atoms with Crippen molar-refractivity contribution < 1.29 is 58.9 Å². The second kappa shape index (κ2) is 12.7. The van der Waals surface area contributed by atoms with Gasteiger partial charge in [-0.1, -0.05) is 38.1 Å². The Morgan fingerprint density at radius 1 is 1.23 bits per heavy atom. The van der Waals surface area contributed by atoms with Crippen LogP contribution < -0.4 is 39.6 Å². The van der Waals surface area contributed by atoms with Gasteiger partial charge in [0.1, 0.15) is 11.6 Å². The molecule has 0 saturated heterocycles. The molecule has 2 atom stereocenters. The van der Waals surface area contributed by atoms with Gasteiger partial charge in [-0.05, 0) is 42.0 Å². The van der Waals surface area contributed by atoms with Crippen LogP contribution >= 0.6 is 0 Å². The van der Waals surface area contributed by atoms with Crippen LogP contribution in [0.1, 0.15) is 62.8 Å². The van der Waals surface area contributed by atoms with Crippen molar-refractivity contribution in [2.45, 2.75) is 64.6 Å². The molecule has 1 amide bonds. The number of carboxylic acids is 1. The van der Waals surface area contributed by atoms with E-state index in [1.807, 2.05) is 13.8 Å². The molecule has 35 heavy (non-hydrogen) atoms. The molecule has 7 nitrogen and oxygen atoms in total. The van der Waals surface area contributed by atoms with Crippen molar-refractivity contribution in [3.8, 4) is 11.1 Å². The number of amides is 1. The summed E-state index contributed by atoms with van der Waals surface area (Å²) in [5, 5.41) is 30.9. The fourth-order valence-corrected chi connectivity index (χ4v) is 4.33. The third-order valence-corrected chi connectivity index (χ3v) is 5.87. The van der Waals surface area contributed by atoms with Crippen molar-refractivity contribution in [2.75, 3.05) is 11.4 Å². The van der Waals surface area contributed by atoms with E-state index in [0.717, 1.165) is 28.7 Å². The van der Waals surface area contributed by atoms with Crippen molar-refractivity contribution >= 4 is 23.8 Å². The number of carboxylic acid groups (broad SMARTS) is 1. The topological polar surface area (TPSA) is 114 Å². The Labute approximate surface area is 227 Å². The van der Waals surface area contributed by atoms with Gasteiger partial charge in [0, 0.05) is 43.4 Å². The maximum atomic E-state index is 13.7. The molecule has 0 radical (unpaired) electrons. The smallest absolute Gasteiger partial charge is 0.550 e. The number of hydrogen-bond acceptors (Lipinski definition) is 6. The molecule has 0 aliphatic carbocycles. The third-order valence-electron chi connectivity index (χ3n) is 5.87. The van der Waals surface area contributed by atoms with E-state index >= 15 is 0 Å². The van der Waals surface area contributed by atoms with Crippen molar-refractivity contribution in [3.05, 3.63) is 53.0 Å². The number of benzene rings is 1. The minimum absolute atomic E-state index is 0. The van der Waals surface area contributed by atoms with Crippen LogP contribution in [0, 0.1) is 5.82 Å². The summed E-state index contributed by atoms with van der Waals surface area (Å²) in [5.41, 5.74) is 3.91. The monoisotopic (exact) mass is 492 g/mol. The summed E-state index contributed by atoms with van der Waals surface area (Å²) in [4.78, 5) is 29.5. The maximum absolute atomic E-state index is 13.7. The van der Waals surface area contributed by atoms with Gasteiger partial charge in [0.25, 0.3) is 0 Å².